The summed E-state index contributed by atoms with van der Waals surface area (Å²) in [5, 5.41) is 3.96. The van der Waals surface area contributed by atoms with Crippen molar-refractivity contribution in [2.75, 3.05) is 50.0 Å². The van der Waals surface area contributed by atoms with Gasteiger partial charge in [-0.25, -0.2) is 0 Å². The summed E-state index contributed by atoms with van der Waals surface area (Å²) >= 11 is 6.12. The molecule has 0 bridgehead atoms. The molecule has 2 aromatic rings. The molecule has 2 aliphatic rings. The molecule has 1 aromatic heterocycles. The standard InChI is InChI=1S/C24H28ClN7/c1-3-6-19-16-22(26-17-19)28-23-27-21(10-9-18-7-4-8-20(25)15-18)29-24(30-23)32-12-5-11-31(2)13-14-32/h3-4,6-10,15-16H,5,11-14,17H2,1-2H3,(H,26,27,28,29,30)/b6-3+,10-9+. The van der Waals surface area contributed by atoms with Gasteiger partial charge in [-0.15, -0.1) is 0 Å². The van der Waals surface area contributed by atoms with Gasteiger partial charge in [-0.2, -0.15) is 15.0 Å². The molecule has 0 amide bonds. The quantitative estimate of drug-likeness (QED) is 0.739. The Labute approximate surface area is 194 Å². The van der Waals surface area contributed by atoms with Crippen LogP contribution in [0.4, 0.5) is 11.9 Å². The Bertz CT molecular complexity index is 1070. The summed E-state index contributed by atoms with van der Waals surface area (Å²) in [6.07, 6.45) is 11.0. The van der Waals surface area contributed by atoms with E-state index in [0.29, 0.717) is 29.3 Å². The number of hydrogen-bond acceptors (Lipinski definition) is 7. The summed E-state index contributed by atoms with van der Waals surface area (Å²) in [7, 11) is 2.15. The Hall–Kier alpha value is -3.03. The van der Waals surface area contributed by atoms with E-state index in [0.717, 1.165) is 49.6 Å². The molecule has 0 atom stereocenters. The molecule has 1 saturated heterocycles. The second-order valence-electron chi connectivity index (χ2n) is 7.90. The van der Waals surface area contributed by atoms with Gasteiger partial charge in [-0.05, 0) is 62.4 Å². The minimum absolute atomic E-state index is 0.495. The van der Waals surface area contributed by atoms with E-state index in [2.05, 4.69) is 38.2 Å². The maximum atomic E-state index is 6.12. The molecule has 166 valence electrons. The van der Waals surface area contributed by atoms with Gasteiger partial charge in [0, 0.05) is 24.7 Å². The van der Waals surface area contributed by atoms with Gasteiger partial charge in [0.1, 0.15) is 5.84 Å². The Morgan fingerprint density at radius 1 is 1.03 bits per heavy atom. The zero-order chi connectivity index (χ0) is 22.3. The molecule has 3 heterocycles. The fourth-order valence-corrected chi connectivity index (χ4v) is 3.83. The van der Waals surface area contributed by atoms with Gasteiger partial charge in [-0.3, -0.25) is 4.99 Å². The van der Waals surface area contributed by atoms with Crippen LogP contribution in [0.25, 0.3) is 12.2 Å². The van der Waals surface area contributed by atoms with E-state index in [-0.39, 0.29) is 0 Å². The Morgan fingerprint density at radius 2 is 1.94 bits per heavy atom. The number of nitrogens with one attached hydrogen (secondary N) is 1. The summed E-state index contributed by atoms with van der Waals surface area (Å²) in [6.45, 7) is 6.50. The summed E-state index contributed by atoms with van der Waals surface area (Å²) in [6, 6.07) is 7.69. The van der Waals surface area contributed by atoms with Crippen LogP contribution in [0.3, 0.4) is 0 Å². The van der Waals surface area contributed by atoms with Gasteiger partial charge >= 0.3 is 0 Å². The summed E-state index contributed by atoms with van der Waals surface area (Å²) in [4.78, 5) is 23.2. The minimum Gasteiger partial charge on any atom is -0.339 e. The van der Waals surface area contributed by atoms with Gasteiger partial charge in [0.25, 0.3) is 0 Å². The second kappa shape index (κ2) is 10.5. The third kappa shape index (κ3) is 6.02. The zero-order valence-corrected chi connectivity index (χ0v) is 19.3. The Kier molecular flexibility index (Phi) is 7.29. The van der Waals surface area contributed by atoms with Gasteiger partial charge in [0.15, 0.2) is 5.82 Å². The van der Waals surface area contributed by atoms with E-state index >= 15 is 0 Å². The van der Waals surface area contributed by atoms with Crippen LogP contribution < -0.4 is 10.2 Å². The monoisotopic (exact) mass is 449 g/mol. The predicted molar refractivity (Wildman–Crippen MR) is 133 cm³/mol. The van der Waals surface area contributed by atoms with Gasteiger partial charge in [-0.1, -0.05) is 42.0 Å². The SMILES string of the molecule is C/C=C/C1=CC(Nc2nc(/C=C/c3cccc(Cl)c3)nc(N3CCCN(C)CC3)n2)=NC1. The van der Waals surface area contributed by atoms with Crippen LogP contribution in [0.5, 0.6) is 0 Å². The molecule has 1 fully saturated rings. The lowest BCUT2D eigenvalue weighted by atomic mass is 10.2. The fraction of sp³-hybridized carbons (Fsp3) is 0.333. The smallest absolute Gasteiger partial charge is 0.233 e. The summed E-state index contributed by atoms with van der Waals surface area (Å²) in [5.41, 5.74) is 2.14. The maximum Gasteiger partial charge on any atom is 0.233 e. The number of allylic oxidation sites excluding steroid dienone is 1. The van der Waals surface area contributed by atoms with Crippen molar-refractivity contribution in [1.29, 1.82) is 0 Å². The molecule has 2 aliphatic heterocycles. The molecule has 0 saturated carbocycles. The first-order chi connectivity index (χ1) is 15.6. The molecule has 0 spiro atoms. The third-order valence-corrected chi connectivity index (χ3v) is 5.53. The predicted octanol–water partition coefficient (Wildman–Crippen LogP) is 4.16. The van der Waals surface area contributed by atoms with Crippen LogP contribution in [0, 0.1) is 0 Å². The first-order valence-corrected chi connectivity index (χ1v) is 11.2. The van der Waals surface area contributed by atoms with Crippen LogP contribution in [0.1, 0.15) is 24.7 Å². The van der Waals surface area contributed by atoms with Crippen LogP contribution in [0.15, 0.2) is 53.1 Å². The lowest BCUT2D eigenvalue weighted by molar-refractivity contribution is 0.360. The molecule has 1 aromatic carbocycles. The fourth-order valence-electron chi connectivity index (χ4n) is 3.63. The topological polar surface area (TPSA) is 69.5 Å². The Morgan fingerprint density at radius 3 is 2.78 bits per heavy atom. The number of likely N-dealkylation sites (N-methyl/N-ethyl adjacent to an activating group) is 1. The second-order valence-corrected chi connectivity index (χ2v) is 8.33. The summed E-state index contributed by atoms with van der Waals surface area (Å²) in [5.74, 6) is 2.52. The highest BCUT2D eigenvalue weighted by atomic mass is 35.5. The lowest BCUT2D eigenvalue weighted by Crippen LogP contribution is -2.30. The number of aliphatic imine (C=N–C) groups is 1. The number of aromatic nitrogens is 3. The van der Waals surface area contributed by atoms with Crippen molar-refractivity contribution in [2.24, 2.45) is 4.99 Å². The van der Waals surface area contributed by atoms with Crippen molar-refractivity contribution in [2.45, 2.75) is 13.3 Å². The number of rotatable bonds is 5. The van der Waals surface area contributed by atoms with Crippen LogP contribution >= 0.6 is 11.6 Å². The molecule has 32 heavy (non-hydrogen) atoms. The number of hydrogen-bond donors (Lipinski definition) is 1. The van der Waals surface area contributed by atoms with E-state index in [1.165, 1.54) is 0 Å². The van der Waals surface area contributed by atoms with Crippen molar-refractivity contribution < 1.29 is 0 Å². The number of nitrogens with zero attached hydrogens (tertiary/aromatic N) is 6. The van der Waals surface area contributed by atoms with Gasteiger partial charge in [0.2, 0.25) is 11.9 Å². The average Bonchev–Trinajstić information content (AvgIpc) is 3.09. The van der Waals surface area contributed by atoms with E-state index < -0.39 is 0 Å². The van der Waals surface area contributed by atoms with Gasteiger partial charge in [0.05, 0.1) is 6.54 Å². The van der Waals surface area contributed by atoms with Gasteiger partial charge < -0.3 is 15.1 Å². The molecule has 7 nitrogen and oxygen atoms in total. The van der Waals surface area contributed by atoms with E-state index in [9.17, 15) is 0 Å². The maximum absolute atomic E-state index is 6.12. The molecule has 0 unspecified atom stereocenters. The number of halogens is 1. The minimum atomic E-state index is 0.495. The molecular formula is C24H28ClN7. The third-order valence-electron chi connectivity index (χ3n) is 5.29. The largest absolute Gasteiger partial charge is 0.339 e. The van der Waals surface area contributed by atoms with Crippen LogP contribution in [-0.4, -0.2) is 65.5 Å². The van der Waals surface area contributed by atoms with Crippen molar-refractivity contribution in [3.05, 3.63) is 64.5 Å². The van der Waals surface area contributed by atoms with Crippen LogP contribution in [-0.2, 0) is 0 Å². The highest BCUT2D eigenvalue weighted by Gasteiger charge is 2.17. The van der Waals surface area contributed by atoms with Crippen molar-refractivity contribution in [3.8, 4) is 0 Å². The molecular weight excluding hydrogens is 422 g/mol. The molecule has 4 rings (SSSR count). The van der Waals surface area contributed by atoms with E-state index in [1.54, 1.807) is 0 Å². The molecule has 1 N–H and O–H groups in total. The highest BCUT2D eigenvalue weighted by molar-refractivity contribution is 6.30. The van der Waals surface area contributed by atoms with E-state index in [4.69, 9.17) is 21.6 Å². The van der Waals surface area contributed by atoms with E-state index in [1.807, 2.05) is 55.5 Å². The highest BCUT2D eigenvalue weighted by Crippen LogP contribution is 2.17. The van der Waals surface area contributed by atoms with Crippen molar-refractivity contribution in [3.63, 3.8) is 0 Å². The Balaban J connectivity index is 1.62. The van der Waals surface area contributed by atoms with Crippen molar-refractivity contribution >= 4 is 41.5 Å². The molecule has 0 aliphatic carbocycles. The lowest BCUT2D eigenvalue weighted by Gasteiger charge is -2.21. The molecule has 8 heteroatoms. The molecule has 0 radical (unpaired) electrons. The van der Waals surface area contributed by atoms with Crippen molar-refractivity contribution in [1.82, 2.24) is 19.9 Å². The zero-order valence-electron chi connectivity index (χ0n) is 18.5. The number of benzene rings is 1. The normalized spacial score (nSPS) is 17.7. The number of anilines is 2. The first-order valence-electron chi connectivity index (χ1n) is 10.9. The number of amidine groups is 1. The first kappa shape index (κ1) is 22.2. The van der Waals surface area contributed by atoms with Crippen LogP contribution in [0.2, 0.25) is 5.02 Å². The summed E-state index contributed by atoms with van der Waals surface area (Å²) < 4.78 is 0. The average molecular weight is 450 g/mol.